The minimum Gasteiger partial charge on any atom is -0.491 e. The Hall–Kier alpha value is -3.03. The van der Waals surface area contributed by atoms with Crippen molar-refractivity contribution in [2.24, 2.45) is 0 Å². The van der Waals surface area contributed by atoms with E-state index in [1.807, 2.05) is 24.3 Å². The summed E-state index contributed by atoms with van der Waals surface area (Å²) in [7, 11) is -3.97. The Bertz CT molecular complexity index is 1170. The van der Waals surface area contributed by atoms with E-state index in [4.69, 9.17) is 16.3 Å². The van der Waals surface area contributed by atoms with E-state index in [2.05, 4.69) is 19.2 Å². The third kappa shape index (κ3) is 6.49. The summed E-state index contributed by atoms with van der Waals surface area (Å²) in [5.41, 5.74) is 1.48. The molecule has 0 bridgehead atoms. The standard InChI is InChI=1S/C25H27ClN2O4S/c1-19(2)23-10-6-7-11-24(23)32-17-16-27-25(29)18-28(21-8-4-3-5-9-21)33(30,31)22-14-12-20(26)13-15-22/h3-15,19H,16-18H2,1-2H3,(H,27,29). The number of carbonyl (C=O) groups is 1. The number of ether oxygens (including phenoxy) is 1. The molecule has 0 aliphatic carbocycles. The number of carbonyl (C=O) groups excluding carboxylic acids is 1. The van der Waals surface area contributed by atoms with Crippen molar-refractivity contribution in [2.75, 3.05) is 24.0 Å². The maximum atomic E-state index is 13.3. The number of benzene rings is 3. The van der Waals surface area contributed by atoms with E-state index in [0.29, 0.717) is 16.6 Å². The molecule has 0 aliphatic rings. The van der Waals surface area contributed by atoms with Crippen LogP contribution in [0.25, 0.3) is 0 Å². The van der Waals surface area contributed by atoms with Gasteiger partial charge in [0.15, 0.2) is 0 Å². The number of hydrogen-bond donors (Lipinski definition) is 1. The van der Waals surface area contributed by atoms with Crippen LogP contribution in [0.15, 0.2) is 83.8 Å². The first kappa shape index (κ1) is 24.6. The Kier molecular flexibility index (Phi) is 8.36. The van der Waals surface area contributed by atoms with E-state index in [9.17, 15) is 13.2 Å². The molecule has 0 aliphatic heterocycles. The summed E-state index contributed by atoms with van der Waals surface area (Å²) in [6.07, 6.45) is 0. The first-order valence-electron chi connectivity index (χ1n) is 10.6. The predicted molar refractivity (Wildman–Crippen MR) is 131 cm³/mol. The fourth-order valence-electron chi connectivity index (χ4n) is 3.27. The zero-order valence-corrected chi connectivity index (χ0v) is 20.1. The number of nitrogens with one attached hydrogen (secondary N) is 1. The lowest BCUT2D eigenvalue weighted by atomic mass is 10.0. The lowest BCUT2D eigenvalue weighted by Gasteiger charge is -2.24. The molecule has 3 aromatic rings. The van der Waals surface area contributed by atoms with Gasteiger partial charge in [-0.15, -0.1) is 0 Å². The number of halogens is 1. The number of rotatable bonds is 10. The molecule has 1 N–H and O–H groups in total. The minimum atomic E-state index is -3.97. The number of amides is 1. The Morgan fingerprint density at radius 1 is 0.970 bits per heavy atom. The van der Waals surface area contributed by atoms with Crippen LogP contribution in [-0.4, -0.2) is 34.0 Å². The SMILES string of the molecule is CC(C)c1ccccc1OCCNC(=O)CN(c1ccccc1)S(=O)(=O)c1ccc(Cl)cc1. The number of nitrogens with zero attached hydrogens (tertiary/aromatic N) is 1. The summed E-state index contributed by atoms with van der Waals surface area (Å²) in [4.78, 5) is 12.7. The number of sulfonamides is 1. The zero-order valence-electron chi connectivity index (χ0n) is 18.6. The lowest BCUT2D eigenvalue weighted by molar-refractivity contribution is -0.119. The number of para-hydroxylation sites is 2. The van der Waals surface area contributed by atoms with Crippen molar-refractivity contribution in [2.45, 2.75) is 24.7 Å². The summed E-state index contributed by atoms with van der Waals surface area (Å²) < 4.78 is 33.5. The first-order chi connectivity index (χ1) is 15.8. The van der Waals surface area contributed by atoms with E-state index < -0.39 is 15.9 Å². The van der Waals surface area contributed by atoms with Crippen LogP contribution in [0, 0.1) is 0 Å². The van der Waals surface area contributed by atoms with Gasteiger partial charge in [-0.2, -0.15) is 0 Å². The monoisotopic (exact) mass is 486 g/mol. The Morgan fingerprint density at radius 3 is 2.27 bits per heavy atom. The van der Waals surface area contributed by atoms with Gasteiger partial charge in [-0.3, -0.25) is 9.10 Å². The fraction of sp³-hybridized carbons (Fsp3) is 0.240. The average Bonchev–Trinajstić information content (AvgIpc) is 2.81. The van der Waals surface area contributed by atoms with Crippen molar-refractivity contribution in [3.8, 4) is 5.75 Å². The molecule has 33 heavy (non-hydrogen) atoms. The molecule has 0 saturated carbocycles. The van der Waals surface area contributed by atoms with Gasteiger partial charge in [0.05, 0.1) is 17.1 Å². The Labute approximate surface area is 200 Å². The van der Waals surface area contributed by atoms with Crippen LogP contribution in [0.3, 0.4) is 0 Å². The second-order valence-electron chi connectivity index (χ2n) is 7.69. The third-order valence-electron chi connectivity index (χ3n) is 4.96. The molecule has 0 unspecified atom stereocenters. The van der Waals surface area contributed by atoms with Crippen LogP contribution in [0.4, 0.5) is 5.69 Å². The smallest absolute Gasteiger partial charge is 0.264 e. The molecular weight excluding hydrogens is 460 g/mol. The molecule has 3 rings (SSSR count). The topological polar surface area (TPSA) is 75.7 Å². The van der Waals surface area contributed by atoms with Gasteiger partial charge in [-0.25, -0.2) is 8.42 Å². The second kappa shape index (κ2) is 11.2. The average molecular weight is 487 g/mol. The summed E-state index contributed by atoms with van der Waals surface area (Å²) in [6, 6.07) is 22.1. The highest BCUT2D eigenvalue weighted by atomic mass is 35.5. The van der Waals surface area contributed by atoms with Gasteiger partial charge in [-0.05, 0) is 53.9 Å². The van der Waals surface area contributed by atoms with Crippen LogP contribution < -0.4 is 14.4 Å². The first-order valence-corrected chi connectivity index (χ1v) is 12.4. The molecule has 0 atom stereocenters. The highest BCUT2D eigenvalue weighted by molar-refractivity contribution is 7.92. The summed E-state index contributed by atoms with van der Waals surface area (Å²) in [5.74, 6) is 0.656. The van der Waals surface area contributed by atoms with Crippen LogP contribution in [0.1, 0.15) is 25.3 Å². The molecule has 0 spiro atoms. The quantitative estimate of drug-likeness (QED) is 0.415. The van der Waals surface area contributed by atoms with E-state index >= 15 is 0 Å². The Morgan fingerprint density at radius 2 is 1.61 bits per heavy atom. The summed E-state index contributed by atoms with van der Waals surface area (Å²) in [6.45, 7) is 4.32. The molecule has 0 saturated heterocycles. The molecular formula is C25H27ClN2O4S. The van der Waals surface area contributed by atoms with Gasteiger partial charge in [0, 0.05) is 5.02 Å². The maximum absolute atomic E-state index is 13.3. The summed E-state index contributed by atoms with van der Waals surface area (Å²) in [5, 5.41) is 3.17. The van der Waals surface area contributed by atoms with Crippen molar-refractivity contribution in [3.05, 3.63) is 89.4 Å². The van der Waals surface area contributed by atoms with Gasteiger partial charge in [-0.1, -0.05) is 61.8 Å². The third-order valence-corrected chi connectivity index (χ3v) is 7.00. The molecule has 3 aromatic carbocycles. The fourth-order valence-corrected chi connectivity index (χ4v) is 4.82. The van der Waals surface area contributed by atoms with Crippen molar-refractivity contribution >= 4 is 33.2 Å². The highest BCUT2D eigenvalue weighted by Crippen LogP contribution is 2.26. The van der Waals surface area contributed by atoms with Crippen molar-refractivity contribution < 1.29 is 17.9 Å². The minimum absolute atomic E-state index is 0.0529. The van der Waals surface area contributed by atoms with Gasteiger partial charge in [0.1, 0.15) is 18.9 Å². The molecule has 1 amide bonds. The van der Waals surface area contributed by atoms with Gasteiger partial charge >= 0.3 is 0 Å². The zero-order chi connectivity index (χ0) is 23.8. The normalized spacial score (nSPS) is 11.3. The van der Waals surface area contributed by atoms with Crippen LogP contribution in [0.2, 0.25) is 5.02 Å². The van der Waals surface area contributed by atoms with Crippen LogP contribution in [0.5, 0.6) is 5.75 Å². The Balaban J connectivity index is 1.67. The summed E-state index contributed by atoms with van der Waals surface area (Å²) >= 11 is 5.90. The maximum Gasteiger partial charge on any atom is 0.264 e. The van der Waals surface area contributed by atoms with E-state index in [0.717, 1.165) is 15.6 Å². The lowest BCUT2D eigenvalue weighted by Crippen LogP contribution is -2.41. The predicted octanol–water partition coefficient (Wildman–Crippen LogP) is 4.85. The molecule has 0 radical (unpaired) electrons. The van der Waals surface area contributed by atoms with Gasteiger partial charge in [0.2, 0.25) is 5.91 Å². The second-order valence-corrected chi connectivity index (χ2v) is 9.99. The van der Waals surface area contributed by atoms with Gasteiger partial charge in [0.25, 0.3) is 10.0 Å². The number of anilines is 1. The molecule has 0 aromatic heterocycles. The molecule has 174 valence electrons. The molecule has 6 nitrogen and oxygen atoms in total. The molecule has 0 heterocycles. The van der Waals surface area contributed by atoms with Gasteiger partial charge < -0.3 is 10.1 Å². The van der Waals surface area contributed by atoms with Crippen LogP contribution in [-0.2, 0) is 14.8 Å². The van der Waals surface area contributed by atoms with E-state index in [1.54, 1.807) is 30.3 Å². The van der Waals surface area contributed by atoms with E-state index in [-0.39, 0.29) is 24.6 Å². The van der Waals surface area contributed by atoms with Crippen molar-refractivity contribution in [3.63, 3.8) is 0 Å². The molecule has 0 fully saturated rings. The highest BCUT2D eigenvalue weighted by Gasteiger charge is 2.27. The largest absolute Gasteiger partial charge is 0.491 e. The van der Waals surface area contributed by atoms with E-state index in [1.165, 1.54) is 24.3 Å². The van der Waals surface area contributed by atoms with Crippen molar-refractivity contribution in [1.29, 1.82) is 0 Å². The van der Waals surface area contributed by atoms with Crippen molar-refractivity contribution in [1.82, 2.24) is 5.32 Å². The number of hydrogen-bond acceptors (Lipinski definition) is 4. The van der Waals surface area contributed by atoms with Crippen LogP contribution >= 0.6 is 11.6 Å². The molecule has 8 heteroatoms.